The number of amides is 4. The lowest BCUT2D eigenvalue weighted by atomic mass is 9.98. The average Bonchev–Trinajstić information content (AvgIpc) is 3.44. The van der Waals surface area contributed by atoms with Gasteiger partial charge in [0, 0.05) is 35.8 Å². The Morgan fingerprint density at radius 1 is 0.906 bits per heavy atom. The van der Waals surface area contributed by atoms with Crippen molar-refractivity contribution in [3.05, 3.63) is 118 Å². The molecule has 0 saturated carbocycles. The quantitative estimate of drug-likeness (QED) is 0.0290. The maximum absolute atomic E-state index is 13.4. The van der Waals surface area contributed by atoms with Crippen molar-refractivity contribution in [2.75, 3.05) is 18.5 Å². The second-order valence-corrected chi connectivity index (χ2v) is 13.0. The molecule has 4 aromatic carbocycles. The zero-order valence-corrected chi connectivity index (χ0v) is 28.5. The van der Waals surface area contributed by atoms with E-state index in [0.29, 0.717) is 0 Å². The Hall–Kier alpha value is -6.53. The Bertz CT molecular complexity index is 2100. The molecule has 53 heavy (non-hydrogen) atoms. The number of urea groups is 1. The van der Waals surface area contributed by atoms with Crippen LogP contribution in [0.15, 0.2) is 95.9 Å². The number of nitro groups is 1. The Kier molecular flexibility index (Phi) is 11.9. The molecule has 18 heteroatoms. The molecule has 0 spiro atoms. The van der Waals surface area contributed by atoms with Crippen molar-refractivity contribution < 1.29 is 51.3 Å². The Morgan fingerprint density at radius 3 is 2.15 bits per heavy atom. The summed E-state index contributed by atoms with van der Waals surface area (Å²) in [6.07, 6.45) is -1.97. The van der Waals surface area contributed by atoms with E-state index in [1.165, 1.54) is 12.1 Å². The van der Waals surface area contributed by atoms with E-state index < -0.39 is 56.8 Å². The molecular weight excluding hydrogens is 714 g/mol. The van der Waals surface area contributed by atoms with Crippen molar-refractivity contribution in [3.8, 4) is 16.9 Å². The summed E-state index contributed by atoms with van der Waals surface area (Å²) >= 11 is 0. The number of carbonyl (C=O) groups is 4. The lowest BCUT2D eigenvalue weighted by Gasteiger charge is -2.20. The van der Waals surface area contributed by atoms with Crippen LogP contribution in [-0.4, -0.2) is 61.3 Å². The Morgan fingerprint density at radius 2 is 1.55 bits per heavy atom. The van der Waals surface area contributed by atoms with Gasteiger partial charge in [0.15, 0.2) is 0 Å². The van der Waals surface area contributed by atoms with Crippen LogP contribution in [0.4, 0.5) is 25.8 Å². The van der Waals surface area contributed by atoms with E-state index in [9.17, 15) is 42.3 Å². The summed E-state index contributed by atoms with van der Waals surface area (Å²) in [7, 11) is -4.92. The minimum Gasteiger partial charge on any atom is -0.449 e. The number of alkyl carbamates (subject to hydrolysis) is 1. The molecule has 1 atom stereocenters. The molecule has 0 radical (unpaired) electrons. The molecule has 0 fully saturated rings. The van der Waals surface area contributed by atoms with Gasteiger partial charge >= 0.3 is 18.3 Å². The van der Waals surface area contributed by atoms with Gasteiger partial charge < -0.3 is 35.9 Å². The molecule has 0 aromatic heterocycles. The zero-order valence-electron chi connectivity index (χ0n) is 27.7. The molecule has 1 aliphatic carbocycles. The first-order valence-corrected chi connectivity index (χ1v) is 17.4. The van der Waals surface area contributed by atoms with E-state index in [1.54, 1.807) is 0 Å². The number of rotatable bonds is 14. The highest BCUT2D eigenvalue weighted by Crippen LogP contribution is 2.44. The van der Waals surface area contributed by atoms with Gasteiger partial charge in [-0.15, -0.1) is 0 Å². The third kappa shape index (κ3) is 9.83. The molecule has 276 valence electrons. The first-order chi connectivity index (χ1) is 25.3. The highest BCUT2D eigenvalue weighted by molar-refractivity contribution is 7.85. The summed E-state index contributed by atoms with van der Waals surface area (Å²) in [6, 6.07) is 21.4. The number of anilines is 1. The number of carbonyl (C=O) groups excluding carboxylic acids is 4. The van der Waals surface area contributed by atoms with Gasteiger partial charge in [-0.05, 0) is 59.4 Å². The topological polar surface area (TPSA) is 256 Å². The molecule has 0 bridgehead atoms. The van der Waals surface area contributed by atoms with E-state index in [4.69, 9.17) is 19.9 Å². The van der Waals surface area contributed by atoms with Gasteiger partial charge in [-0.3, -0.25) is 19.5 Å². The van der Waals surface area contributed by atoms with E-state index >= 15 is 0 Å². The molecule has 17 nitrogen and oxygen atoms in total. The van der Waals surface area contributed by atoms with Crippen LogP contribution in [-0.2, 0) is 31.0 Å². The molecule has 0 aliphatic heterocycles. The second kappa shape index (κ2) is 16.7. The second-order valence-electron chi connectivity index (χ2n) is 11.6. The van der Waals surface area contributed by atoms with Gasteiger partial charge in [0.2, 0.25) is 5.91 Å². The van der Waals surface area contributed by atoms with Crippen molar-refractivity contribution in [2.24, 2.45) is 5.73 Å². The average molecular weight is 748 g/mol. The van der Waals surface area contributed by atoms with E-state index in [1.807, 2.05) is 48.5 Å². The molecule has 0 unspecified atom stereocenters. The smallest absolute Gasteiger partial charge is 0.449 e. The number of nitrogens with one attached hydrogen (secondary N) is 3. The fraction of sp³-hybridized carbons (Fsp3) is 0.200. The number of nitrogens with two attached hydrogens (primary N) is 1. The highest BCUT2D eigenvalue weighted by Gasteiger charge is 2.30. The minimum atomic E-state index is -4.92. The molecule has 0 heterocycles. The first kappa shape index (κ1) is 37.7. The number of hydrogen-bond acceptors (Lipinski definition) is 11. The summed E-state index contributed by atoms with van der Waals surface area (Å²) < 4.78 is 49.9. The van der Waals surface area contributed by atoms with Gasteiger partial charge in [0.05, 0.1) is 4.92 Å². The van der Waals surface area contributed by atoms with Crippen molar-refractivity contribution in [3.63, 3.8) is 0 Å². The van der Waals surface area contributed by atoms with E-state index in [0.717, 1.165) is 52.6 Å². The SMILES string of the molecule is NC(=O)NCCC[C@H](NC(=O)OCC1c2ccccc2-c2ccccc21)C(=O)Nc1ccc(COC(=O)Oc2ccc([N+](=O)[O-])cc2)c(S(=O)(=O)O)c1. The number of fused-ring (bicyclic) bond motifs is 3. The number of primary amides is 1. The predicted molar refractivity (Wildman–Crippen MR) is 188 cm³/mol. The molecule has 0 saturated heterocycles. The lowest BCUT2D eigenvalue weighted by Crippen LogP contribution is -2.44. The zero-order chi connectivity index (χ0) is 38.1. The summed E-state index contributed by atoms with van der Waals surface area (Å²) in [6.45, 7) is -0.631. The first-order valence-electron chi connectivity index (χ1n) is 16.0. The molecule has 4 aromatic rings. The molecule has 6 N–H and O–H groups in total. The van der Waals surface area contributed by atoms with Crippen molar-refractivity contribution in [1.82, 2.24) is 10.6 Å². The van der Waals surface area contributed by atoms with Crippen LogP contribution in [0.3, 0.4) is 0 Å². The van der Waals surface area contributed by atoms with Crippen LogP contribution in [0.5, 0.6) is 5.75 Å². The summed E-state index contributed by atoms with van der Waals surface area (Å²) in [4.78, 5) is 59.3. The summed E-state index contributed by atoms with van der Waals surface area (Å²) in [5.74, 6) is -1.11. The third-order valence-electron chi connectivity index (χ3n) is 8.13. The van der Waals surface area contributed by atoms with Gasteiger partial charge in [-0.1, -0.05) is 54.6 Å². The number of hydrogen-bond donors (Lipinski definition) is 5. The number of ether oxygens (including phenoxy) is 3. The van der Waals surface area contributed by atoms with E-state index in [2.05, 4.69) is 16.0 Å². The van der Waals surface area contributed by atoms with Gasteiger partial charge in [-0.25, -0.2) is 14.4 Å². The van der Waals surface area contributed by atoms with Gasteiger partial charge in [-0.2, -0.15) is 8.42 Å². The third-order valence-corrected chi connectivity index (χ3v) is 9.06. The van der Waals surface area contributed by atoms with Gasteiger partial charge in [0.25, 0.3) is 15.8 Å². The number of benzene rings is 4. The minimum absolute atomic E-state index is 0.00423. The predicted octanol–water partition coefficient (Wildman–Crippen LogP) is 4.85. The van der Waals surface area contributed by atoms with E-state index in [-0.39, 0.29) is 54.6 Å². The van der Waals surface area contributed by atoms with Gasteiger partial charge in [0.1, 0.15) is 29.9 Å². The van der Waals surface area contributed by atoms with Crippen LogP contribution in [0.1, 0.15) is 35.4 Å². The highest BCUT2D eigenvalue weighted by atomic mass is 32.2. The molecular formula is C35H33N5O12S. The largest absolute Gasteiger partial charge is 0.514 e. The van der Waals surface area contributed by atoms with Crippen LogP contribution in [0, 0.1) is 10.1 Å². The lowest BCUT2D eigenvalue weighted by molar-refractivity contribution is -0.384. The number of non-ortho nitro benzene ring substituents is 1. The van der Waals surface area contributed by atoms with Crippen molar-refractivity contribution >= 4 is 45.7 Å². The molecule has 4 amide bonds. The fourth-order valence-corrected chi connectivity index (χ4v) is 6.42. The maximum atomic E-state index is 13.4. The Labute approximate surface area is 302 Å². The van der Waals surface area contributed by atoms with Crippen LogP contribution in [0.25, 0.3) is 11.1 Å². The maximum Gasteiger partial charge on any atom is 0.514 e. The van der Waals surface area contributed by atoms with Crippen LogP contribution >= 0.6 is 0 Å². The number of nitro benzene ring substituents is 1. The van der Waals surface area contributed by atoms with Crippen molar-refractivity contribution in [2.45, 2.75) is 36.3 Å². The monoisotopic (exact) mass is 747 g/mol. The molecule has 5 rings (SSSR count). The number of nitrogens with zero attached hydrogens (tertiary/aromatic N) is 1. The fourth-order valence-electron chi connectivity index (χ4n) is 5.69. The van der Waals surface area contributed by atoms with Crippen LogP contribution in [0.2, 0.25) is 0 Å². The standard InChI is InChI=1S/C35H33N5O12S/c36-33(42)37-17-5-10-30(39-34(43)50-20-29-27-8-3-1-6-25(27)26-7-2-4-9-28(26)29)32(41)38-22-12-11-21(31(18-22)53(47,48)49)19-51-35(44)52-24-15-13-23(14-16-24)40(45)46/h1-4,6-9,11-16,18,29-30H,5,10,17,19-20H2,(H,38,41)(H,39,43)(H3,36,37,42)(H,47,48,49)/t30-/m0/s1. The summed E-state index contributed by atoms with van der Waals surface area (Å²) in [5, 5.41) is 18.2. The summed E-state index contributed by atoms with van der Waals surface area (Å²) in [5.41, 5.74) is 8.62. The Balaban J connectivity index is 1.24. The molecule has 1 aliphatic rings. The normalized spacial score (nSPS) is 12.4. The van der Waals surface area contributed by atoms with Crippen molar-refractivity contribution in [1.29, 1.82) is 0 Å². The van der Waals surface area contributed by atoms with Crippen LogP contribution < -0.4 is 26.4 Å².